The van der Waals surface area contributed by atoms with Crippen molar-refractivity contribution in [3.8, 4) is 0 Å². The first-order chi connectivity index (χ1) is 10.6. The molecule has 0 amide bonds. The molecule has 2 heterocycles. The summed E-state index contributed by atoms with van der Waals surface area (Å²) >= 11 is 0. The van der Waals surface area contributed by atoms with E-state index in [1.165, 1.54) is 18.5 Å². The number of piperidine rings is 1. The van der Waals surface area contributed by atoms with E-state index in [-0.39, 0.29) is 0 Å². The van der Waals surface area contributed by atoms with Gasteiger partial charge in [-0.3, -0.25) is 9.58 Å². The lowest BCUT2D eigenvalue weighted by atomic mass is 9.98. The lowest BCUT2D eigenvalue weighted by Crippen LogP contribution is -2.34. The lowest BCUT2D eigenvalue weighted by molar-refractivity contribution is 0.0696. The highest BCUT2D eigenvalue weighted by Crippen LogP contribution is 2.31. The molecule has 1 aromatic heterocycles. The second-order valence-corrected chi connectivity index (χ2v) is 5.87. The maximum Gasteiger partial charge on any atom is 0.335 e. The highest BCUT2D eigenvalue weighted by molar-refractivity contribution is 5.87. The summed E-state index contributed by atoms with van der Waals surface area (Å²) in [5.41, 5.74) is 2.63. The highest BCUT2D eigenvalue weighted by Gasteiger charge is 2.26. The summed E-state index contributed by atoms with van der Waals surface area (Å²) in [6.07, 6.45) is 5.37. The monoisotopic (exact) mass is 299 g/mol. The number of hydrogen-bond donors (Lipinski definition) is 1. The molecule has 3 rings (SSSR count). The number of rotatable bonds is 4. The fourth-order valence-electron chi connectivity index (χ4n) is 3.26. The van der Waals surface area contributed by atoms with Gasteiger partial charge in [-0.25, -0.2) is 4.79 Å². The number of aromatic carboxylic acids is 1. The molecule has 1 N–H and O–H groups in total. The molecule has 116 valence electrons. The third-order valence-corrected chi connectivity index (χ3v) is 4.37. The summed E-state index contributed by atoms with van der Waals surface area (Å²) in [6, 6.07) is 9.67. The van der Waals surface area contributed by atoms with Gasteiger partial charge in [0.1, 0.15) is 0 Å². The number of benzene rings is 1. The molecular weight excluding hydrogens is 278 g/mol. The van der Waals surface area contributed by atoms with Gasteiger partial charge in [0.05, 0.1) is 17.3 Å². The van der Waals surface area contributed by atoms with Gasteiger partial charge in [-0.05, 0) is 43.1 Å². The molecule has 22 heavy (non-hydrogen) atoms. The summed E-state index contributed by atoms with van der Waals surface area (Å²) in [4.78, 5) is 13.5. The van der Waals surface area contributed by atoms with E-state index in [0.29, 0.717) is 11.6 Å². The van der Waals surface area contributed by atoms with Crippen LogP contribution in [0.15, 0.2) is 36.5 Å². The van der Waals surface area contributed by atoms with Gasteiger partial charge in [-0.15, -0.1) is 0 Å². The summed E-state index contributed by atoms with van der Waals surface area (Å²) in [6.45, 7) is 1.81. The molecule has 1 aliphatic rings. The van der Waals surface area contributed by atoms with Crippen molar-refractivity contribution in [1.82, 2.24) is 14.7 Å². The lowest BCUT2D eigenvalue weighted by Gasteiger charge is -2.35. The minimum absolute atomic E-state index is 0.353. The molecule has 1 aromatic carbocycles. The normalized spacial score (nSPS) is 19.2. The zero-order chi connectivity index (χ0) is 15.5. The van der Waals surface area contributed by atoms with Crippen LogP contribution in [-0.2, 0) is 13.6 Å². The van der Waals surface area contributed by atoms with Gasteiger partial charge in [0.2, 0.25) is 0 Å². The van der Waals surface area contributed by atoms with E-state index in [4.69, 9.17) is 5.11 Å². The number of carboxylic acid groups (broad SMARTS) is 1. The molecule has 0 radical (unpaired) electrons. The van der Waals surface area contributed by atoms with Crippen LogP contribution in [0.4, 0.5) is 0 Å². The molecule has 1 fully saturated rings. The van der Waals surface area contributed by atoms with Crippen LogP contribution in [0.5, 0.6) is 0 Å². The van der Waals surface area contributed by atoms with Gasteiger partial charge in [0.25, 0.3) is 0 Å². The molecule has 0 spiro atoms. The standard InChI is InChI=1S/C17H21N3O2/c1-19-15(8-9-18-19)16-7-2-3-10-20(16)12-13-5-4-6-14(11-13)17(21)22/h4-6,8-9,11,16H,2-3,7,10,12H2,1H3,(H,21,22). The van der Waals surface area contributed by atoms with Crippen LogP contribution in [-0.4, -0.2) is 32.3 Å². The highest BCUT2D eigenvalue weighted by atomic mass is 16.4. The average Bonchev–Trinajstić information content (AvgIpc) is 2.94. The molecule has 0 aliphatic carbocycles. The van der Waals surface area contributed by atoms with Crippen LogP contribution in [0.2, 0.25) is 0 Å². The number of nitrogens with zero attached hydrogens (tertiary/aromatic N) is 3. The van der Waals surface area contributed by atoms with E-state index < -0.39 is 5.97 Å². The molecule has 5 heteroatoms. The van der Waals surface area contributed by atoms with Crippen LogP contribution < -0.4 is 0 Å². The van der Waals surface area contributed by atoms with Crippen molar-refractivity contribution in [1.29, 1.82) is 0 Å². The van der Waals surface area contributed by atoms with E-state index in [2.05, 4.69) is 16.1 Å². The largest absolute Gasteiger partial charge is 0.478 e. The van der Waals surface area contributed by atoms with Crippen LogP contribution in [0.25, 0.3) is 0 Å². The minimum Gasteiger partial charge on any atom is -0.478 e. The van der Waals surface area contributed by atoms with Crippen LogP contribution in [0.3, 0.4) is 0 Å². The molecule has 5 nitrogen and oxygen atoms in total. The number of aromatic nitrogens is 2. The molecule has 1 atom stereocenters. The third kappa shape index (κ3) is 3.04. The van der Waals surface area contributed by atoms with E-state index >= 15 is 0 Å². The van der Waals surface area contributed by atoms with Gasteiger partial charge < -0.3 is 5.11 Å². The Morgan fingerprint density at radius 3 is 2.95 bits per heavy atom. The second kappa shape index (κ2) is 6.32. The van der Waals surface area contributed by atoms with Crippen molar-refractivity contribution < 1.29 is 9.90 Å². The predicted molar refractivity (Wildman–Crippen MR) is 83.6 cm³/mol. The summed E-state index contributed by atoms with van der Waals surface area (Å²) in [5.74, 6) is -0.872. The quantitative estimate of drug-likeness (QED) is 0.943. The maximum absolute atomic E-state index is 11.1. The Hall–Kier alpha value is -2.14. The topological polar surface area (TPSA) is 58.4 Å². The van der Waals surface area contributed by atoms with Gasteiger partial charge in [-0.2, -0.15) is 5.10 Å². The number of aryl methyl sites for hydroxylation is 1. The number of hydrogen-bond acceptors (Lipinski definition) is 3. The smallest absolute Gasteiger partial charge is 0.335 e. The molecule has 0 bridgehead atoms. The molecule has 1 aliphatic heterocycles. The maximum atomic E-state index is 11.1. The van der Waals surface area contributed by atoms with Crippen molar-refractivity contribution in [3.05, 3.63) is 53.3 Å². The Morgan fingerprint density at radius 2 is 2.23 bits per heavy atom. The number of likely N-dealkylation sites (tertiary alicyclic amines) is 1. The first kappa shape index (κ1) is 14.8. The third-order valence-electron chi connectivity index (χ3n) is 4.37. The van der Waals surface area contributed by atoms with Crippen LogP contribution in [0, 0.1) is 0 Å². The summed E-state index contributed by atoms with van der Waals surface area (Å²) < 4.78 is 1.94. The molecule has 1 saturated heterocycles. The van der Waals surface area contributed by atoms with Crippen LogP contribution in [0.1, 0.15) is 46.9 Å². The number of carbonyl (C=O) groups is 1. The van der Waals surface area contributed by atoms with E-state index in [1.807, 2.05) is 30.1 Å². The zero-order valence-corrected chi connectivity index (χ0v) is 12.8. The van der Waals surface area contributed by atoms with Gasteiger partial charge in [0.15, 0.2) is 0 Å². The Bertz CT molecular complexity index is 665. The van der Waals surface area contributed by atoms with Crippen molar-refractivity contribution in [2.24, 2.45) is 7.05 Å². The predicted octanol–water partition coefficient (Wildman–Crippen LogP) is 2.85. The van der Waals surface area contributed by atoms with Gasteiger partial charge in [-0.1, -0.05) is 18.6 Å². The van der Waals surface area contributed by atoms with Crippen molar-refractivity contribution in [3.63, 3.8) is 0 Å². The molecule has 1 unspecified atom stereocenters. The SMILES string of the molecule is Cn1nccc1C1CCCCN1Cc1cccc(C(=O)O)c1. The summed E-state index contributed by atoms with van der Waals surface area (Å²) in [5, 5.41) is 13.4. The Kier molecular flexibility index (Phi) is 4.24. The first-order valence-electron chi connectivity index (χ1n) is 7.69. The van der Waals surface area contributed by atoms with Crippen molar-refractivity contribution >= 4 is 5.97 Å². The number of carboxylic acids is 1. The van der Waals surface area contributed by atoms with Crippen molar-refractivity contribution in [2.75, 3.05) is 6.54 Å². The van der Waals surface area contributed by atoms with E-state index in [0.717, 1.165) is 25.1 Å². The average molecular weight is 299 g/mol. The molecular formula is C17H21N3O2. The van der Waals surface area contributed by atoms with Gasteiger partial charge in [0, 0.05) is 19.8 Å². The first-order valence-corrected chi connectivity index (χ1v) is 7.69. The fourth-order valence-corrected chi connectivity index (χ4v) is 3.26. The molecule has 2 aromatic rings. The Balaban J connectivity index is 1.81. The Labute approximate surface area is 130 Å². The van der Waals surface area contributed by atoms with E-state index in [9.17, 15) is 4.79 Å². The van der Waals surface area contributed by atoms with Crippen molar-refractivity contribution in [2.45, 2.75) is 31.8 Å². The van der Waals surface area contributed by atoms with Gasteiger partial charge >= 0.3 is 5.97 Å². The Morgan fingerprint density at radius 1 is 1.36 bits per heavy atom. The fraction of sp³-hybridized carbons (Fsp3) is 0.412. The minimum atomic E-state index is -0.872. The molecule has 0 saturated carbocycles. The van der Waals surface area contributed by atoms with E-state index in [1.54, 1.807) is 12.1 Å². The second-order valence-electron chi connectivity index (χ2n) is 5.87. The summed E-state index contributed by atoms with van der Waals surface area (Å²) in [7, 11) is 1.98. The van der Waals surface area contributed by atoms with Crippen LogP contribution >= 0.6 is 0 Å². The zero-order valence-electron chi connectivity index (χ0n) is 12.8.